The zero-order valence-electron chi connectivity index (χ0n) is 9.68. The van der Waals surface area contributed by atoms with Crippen molar-refractivity contribution in [1.82, 2.24) is 0 Å². The zero-order valence-corrected chi connectivity index (χ0v) is 9.68. The summed E-state index contributed by atoms with van der Waals surface area (Å²) >= 11 is 0. The van der Waals surface area contributed by atoms with Crippen molar-refractivity contribution in [2.75, 3.05) is 0 Å². The number of nitrogens with zero attached hydrogens (tertiary/aromatic N) is 1. The van der Waals surface area contributed by atoms with Crippen molar-refractivity contribution >= 4 is 5.69 Å². The van der Waals surface area contributed by atoms with Crippen LogP contribution in [0.1, 0.15) is 5.56 Å². The second-order valence-electron chi connectivity index (χ2n) is 3.79. The minimum atomic E-state index is -0.666. The molecule has 4 nitrogen and oxygen atoms in total. The van der Waals surface area contributed by atoms with Gasteiger partial charge in [0.15, 0.2) is 5.75 Å². The quantitative estimate of drug-likeness (QED) is 0.628. The lowest BCUT2D eigenvalue weighted by Crippen LogP contribution is -2.00. The van der Waals surface area contributed by atoms with E-state index in [1.807, 2.05) is 0 Å². The molecule has 0 amide bonds. The van der Waals surface area contributed by atoms with Gasteiger partial charge in [-0.25, -0.2) is 8.78 Å². The first-order chi connectivity index (χ1) is 9.06. The van der Waals surface area contributed by atoms with E-state index in [4.69, 9.17) is 4.74 Å². The molecule has 0 atom stereocenters. The van der Waals surface area contributed by atoms with Crippen LogP contribution in [0.25, 0.3) is 0 Å². The Morgan fingerprint density at radius 1 is 1.11 bits per heavy atom. The van der Waals surface area contributed by atoms with Crippen molar-refractivity contribution in [2.24, 2.45) is 0 Å². The van der Waals surface area contributed by atoms with E-state index in [1.165, 1.54) is 18.2 Å². The van der Waals surface area contributed by atoms with Gasteiger partial charge in [-0.2, -0.15) is 0 Å². The number of halogens is 2. The molecule has 0 bridgehead atoms. The van der Waals surface area contributed by atoms with Crippen LogP contribution >= 0.6 is 0 Å². The van der Waals surface area contributed by atoms with E-state index in [2.05, 4.69) is 0 Å². The number of rotatable bonds is 4. The number of nitro groups is 1. The van der Waals surface area contributed by atoms with E-state index >= 15 is 0 Å². The lowest BCUT2D eigenvalue weighted by Gasteiger charge is -2.07. The first-order valence-corrected chi connectivity index (χ1v) is 5.37. The SMILES string of the molecule is O=[N+]([O-])c1ccc(F)cc1OCc1cccc(F)c1. The highest BCUT2D eigenvalue weighted by Gasteiger charge is 2.15. The van der Waals surface area contributed by atoms with Gasteiger partial charge in [-0.15, -0.1) is 0 Å². The Bertz CT molecular complexity index is 617. The summed E-state index contributed by atoms with van der Waals surface area (Å²) in [6.07, 6.45) is 0. The first-order valence-electron chi connectivity index (χ1n) is 5.37. The molecule has 2 rings (SSSR count). The van der Waals surface area contributed by atoms with Gasteiger partial charge in [0.2, 0.25) is 0 Å². The van der Waals surface area contributed by atoms with E-state index in [0.29, 0.717) is 5.56 Å². The van der Waals surface area contributed by atoms with Gasteiger partial charge in [0.05, 0.1) is 4.92 Å². The standard InChI is InChI=1S/C13H9F2NO3/c14-10-3-1-2-9(6-10)8-19-13-7-11(15)4-5-12(13)16(17)18/h1-7H,8H2. The Labute approximate surface area is 107 Å². The molecule has 0 radical (unpaired) electrons. The van der Waals surface area contributed by atoms with Gasteiger partial charge in [0.1, 0.15) is 18.2 Å². The molecule has 2 aromatic carbocycles. The highest BCUT2D eigenvalue weighted by molar-refractivity contribution is 5.46. The van der Waals surface area contributed by atoms with Crippen LogP contribution in [0.2, 0.25) is 0 Å². The van der Waals surface area contributed by atoms with Crippen LogP contribution in [0.5, 0.6) is 5.75 Å². The minimum absolute atomic E-state index is 0.0813. The summed E-state index contributed by atoms with van der Waals surface area (Å²) in [6.45, 7) is -0.0813. The molecule has 0 fully saturated rings. The second-order valence-corrected chi connectivity index (χ2v) is 3.79. The molecule has 0 aliphatic rings. The average molecular weight is 265 g/mol. The van der Waals surface area contributed by atoms with Gasteiger partial charge in [-0.3, -0.25) is 10.1 Å². The molecular formula is C13H9F2NO3. The number of hydrogen-bond acceptors (Lipinski definition) is 3. The largest absolute Gasteiger partial charge is 0.482 e. The van der Waals surface area contributed by atoms with E-state index in [-0.39, 0.29) is 18.0 Å². The molecular weight excluding hydrogens is 256 g/mol. The van der Waals surface area contributed by atoms with Crippen molar-refractivity contribution < 1.29 is 18.4 Å². The average Bonchev–Trinajstić information content (AvgIpc) is 2.36. The molecule has 0 saturated heterocycles. The van der Waals surface area contributed by atoms with Crippen molar-refractivity contribution in [3.05, 3.63) is 69.8 Å². The Kier molecular flexibility index (Phi) is 3.70. The van der Waals surface area contributed by atoms with Gasteiger partial charge >= 0.3 is 5.69 Å². The molecule has 0 saturated carbocycles. The van der Waals surface area contributed by atoms with Gasteiger partial charge in [-0.05, 0) is 23.8 Å². The molecule has 98 valence electrons. The van der Waals surface area contributed by atoms with E-state index < -0.39 is 16.6 Å². The number of benzene rings is 2. The van der Waals surface area contributed by atoms with Crippen molar-refractivity contribution in [2.45, 2.75) is 6.61 Å². The lowest BCUT2D eigenvalue weighted by atomic mass is 10.2. The summed E-state index contributed by atoms with van der Waals surface area (Å²) in [6, 6.07) is 8.54. The molecule has 0 heterocycles. The fourth-order valence-corrected chi connectivity index (χ4v) is 1.54. The Balaban J connectivity index is 2.19. The summed E-state index contributed by atoms with van der Waals surface area (Å²) in [5, 5.41) is 10.7. The predicted molar refractivity (Wildman–Crippen MR) is 63.8 cm³/mol. The normalized spacial score (nSPS) is 10.2. The summed E-state index contributed by atoms with van der Waals surface area (Å²) in [7, 11) is 0. The Hall–Kier alpha value is -2.50. The minimum Gasteiger partial charge on any atom is -0.482 e. The Morgan fingerprint density at radius 2 is 1.84 bits per heavy atom. The molecule has 19 heavy (non-hydrogen) atoms. The summed E-state index contributed by atoms with van der Waals surface area (Å²) in [5.74, 6) is -1.26. The first kappa shape index (κ1) is 12.9. The third-order valence-corrected chi connectivity index (χ3v) is 2.40. The number of hydrogen-bond donors (Lipinski definition) is 0. The van der Waals surface area contributed by atoms with Gasteiger partial charge in [0, 0.05) is 12.1 Å². The molecule has 0 aliphatic carbocycles. The van der Waals surface area contributed by atoms with Crippen molar-refractivity contribution in [3.63, 3.8) is 0 Å². The maximum Gasteiger partial charge on any atom is 0.311 e. The molecule has 0 N–H and O–H groups in total. The van der Waals surface area contributed by atoms with Gasteiger partial charge < -0.3 is 4.74 Å². The summed E-state index contributed by atoms with van der Waals surface area (Å²) in [5.41, 5.74) is 0.163. The monoisotopic (exact) mass is 265 g/mol. The van der Waals surface area contributed by atoms with Crippen LogP contribution in [0.4, 0.5) is 14.5 Å². The van der Waals surface area contributed by atoms with E-state index in [0.717, 1.165) is 18.2 Å². The van der Waals surface area contributed by atoms with Crippen LogP contribution in [0, 0.1) is 21.7 Å². The third kappa shape index (κ3) is 3.25. The maximum atomic E-state index is 13.0. The van der Waals surface area contributed by atoms with Gasteiger partial charge in [-0.1, -0.05) is 12.1 Å². The molecule has 2 aromatic rings. The summed E-state index contributed by atoms with van der Waals surface area (Å²) < 4.78 is 31.2. The smallest absolute Gasteiger partial charge is 0.311 e. The molecule has 0 aromatic heterocycles. The highest BCUT2D eigenvalue weighted by atomic mass is 19.1. The van der Waals surface area contributed by atoms with Gasteiger partial charge in [0.25, 0.3) is 0 Å². The molecule has 0 aliphatic heterocycles. The van der Waals surface area contributed by atoms with Crippen LogP contribution in [-0.2, 0) is 6.61 Å². The zero-order chi connectivity index (χ0) is 13.8. The number of ether oxygens (including phenoxy) is 1. The maximum absolute atomic E-state index is 13.0. The predicted octanol–water partition coefficient (Wildman–Crippen LogP) is 3.45. The van der Waals surface area contributed by atoms with Crippen molar-refractivity contribution in [1.29, 1.82) is 0 Å². The molecule has 6 heteroatoms. The van der Waals surface area contributed by atoms with Crippen LogP contribution in [0.15, 0.2) is 42.5 Å². The fourth-order valence-electron chi connectivity index (χ4n) is 1.54. The van der Waals surface area contributed by atoms with Crippen LogP contribution in [-0.4, -0.2) is 4.92 Å². The lowest BCUT2D eigenvalue weighted by molar-refractivity contribution is -0.386. The number of nitro benzene ring substituents is 1. The van der Waals surface area contributed by atoms with Crippen LogP contribution in [0.3, 0.4) is 0 Å². The third-order valence-electron chi connectivity index (χ3n) is 2.40. The van der Waals surface area contributed by atoms with E-state index in [9.17, 15) is 18.9 Å². The highest BCUT2D eigenvalue weighted by Crippen LogP contribution is 2.28. The van der Waals surface area contributed by atoms with E-state index in [1.54, 1.807) is 6.07 Å². The fraction of sp³-hybridized carbons (Fsp3) is 0.0769. The van der Waals surface area contributed by atoms with Crippen molar-refractivity contribution in [3.8, 4) is 5.75 Å². The molecule has 0 spiro atoms. The molecule has 0 unspecified atom stereocenters. The second kappa shape index (κ2) is 5.43. The van der Waals surface area contributed by atoms with Crippen LogP contribution < -0.4 is 4.74 Å². The summed E-state index contributed by atoms with van der Waals surface area (Å²) in [4.78, 5) is 10.1. The Morgan fingerprint density at radius 3 is 2.53 bits per heavy atom. The topological polar surface area (TPSA) is 52.4 Å².